The number of hydrogen-bond acceptors (Lipinski definition) is 2. The quantitative estimate of drug-likeness (QED) is 0.802. The van der Waals surface area contributed by atoms with Gasteiger partial charge in [0.2, 0.25) is 5.91 Å². The van der Waals surface area contributed by atoms with E-state index in [2.05, 4.69) is 24.4 Å². The topological polar surface area (TPSA) is 32.3 Å². The molecule has 1 N–H and O–H groups in total. The van der Waals surface area contributed by atoms with Gasteiger partial charge in [-0.05, 0) is 25.3 Å². The van der Waals surface area contributed by atoms with Gasteiger partial charge in [-0.3, -0.25) is 4.79 Å². The zero-order valence-electron chi connectivity index (χ0n) is 11.6. The highest BCUT2D eigenvalue weighted by Crippen LogP contribution is 2.12. The summed E-state index contributed by atoms with van der Waals surface area (Å²) >= 11 is 0. The molecule has 0 fully saturated rings. The maximum atomic E-state index is 11.8. The Morgan fingerprint density at radius 2 is 1.83 bits per heavy atom. The smallest absolute Gasteiger partial charge is 0.236 e. The number of nitrogens with zero attached hydrogens (tertiary/aromatic N) is 1. The van der Waals surface area contributed by atoms with Gasteiger partial charge in [0, 0.05) is 19.6 Å². The minimum Gasteiger partial charge on any atom is -0.342 e. The standard InChI is InChI=1S/C15H24N2O/c1-4-17(5-2)15(18)12-16-11-13(3)14-9-7-6-8-10-14/h6-10,13,16H,4-5,11-12H2,1-3H3. The number of hydrogen-bond donors (Lipinski definition) is 1. The first-order valence-corrected chi connectivity index (χ1v) is 6.72. The Morgan fingerprint density at radius 1 is 1.22 bits per heavy atom. The fourth-order valence-corrected chi connectivity index (χ4v) is 1.98. The summed E-state index contributed by atoms with van der Waals surface area (Å²) in [7, 11) is 0. The maximum absolute atomic E-state index is 11.8. The van der Waals surface area contributed by atoms with Crippen molar-refractivity contribution in [3.8, 4) is 0 Å². The second-order valence-electron chi connectivity index (χ2n) is 4.51. The van der Waals surface area contributed by atoms with Gasteiger partial charge < -0.3 is 10.2 Å². The third-order valence-corrected chi connectivity index (χ3v) is 3.21. The van der Waals surface area contributed by atoms with Gasteiger partial charge >= 0.3 is 0 Å². The first-order valence-electron chi connectivity index (χ1n) is 6.72. The summed E-state index contributed by atoms with van der Waals surface area (Å²) in [5, 5.41) is 3.24. The van der Waals surface area contributed by atoms with Crippen LogP contribution in [-0.4, -0.2) is 37.0 Å². The van der Waals surface area contributed by atoms with E-state index in [-0.39, 0.29) is 5.91 Å². The molecule has 0 spiro atoms. The van der Waals surface area contributed by atoms with Crippen LogP contribution in [0.3, 0.4) is 0 Å². The predicted octanol–water partition coefficient (Wildman–Crippen LogP) is 2.25. The normalized spacial score (nSPS) is 12.2. The van der Waals surface area contributed by atoms with Gasteiger partial charge in [0.25, 0.3) is 0 Å². The van der Waals surface area contributed by atoms with E-state index in [1.54, 1.807) is 0 Å². The van der Waals surface area contributed by atoms with Gasteiger partial charge in [-0.15, -0.1) is 0 Å². The summed E-state index contributed by atoms with van der Waals surface area (Å²) in [4.78, 5) is 13.6. The minimum atomic E-state index is 0.181. The molecule has 0 aromatic heterocycles. The summed E-state index contributed by atoms with van der Waals surface area (Å²) in [5.41, 5.74) is 1.31. The van der Waals surface area contributed by atoms with Crippen LogP contribution in [0, 0.1) is 0 Å². The fraction of sp³-hybridized carbons (Fsp3) is 0.533. The van der Waals surface area contributed by atoms with Gasteiger partial charge in [-0.1, -0.05) is 37.3 Å². The molecule has 1 aromatic carbocycles. The molecule has 0 heterocycles. The SMILES string of the molecule is CCN(CC)C(=O)CNCC(C)c1ccccc1. The number of carbonyl (C=O) groups excluding carboxylic acids is 1. The largest absolute Gasteiger partial charge is 0.342 e. The molecule has 0 aliphatic rings. The lowest BCUT2D eigenvalue weighted by Gasteiger charge is -2.19. The molecule has 1 aromatic rings. The Morgan fingerprint density at radius 3 is 2.39 bits per heavy atom. The van der Waals surface area contributed by atoms with Crippen molar-refractivity contribution in [2.45, 2.75) is 26.7 Å². The van der Waals surface area contributed by atoms with Gasteiger partial charge in [-0.2, -0.15) is 0 Å². The Kier molecular flexibility index (Phi) is 6.44. The van der Waals surface area contributed by atoms with Crippen molar-refractivity contribution in [1.29, 1.82) is 0 Å². The molecule has 100 valence electrons. The van der Waals surface area contributed by atoms with Crippen molar-refractivity contribution >= 4 is 5.91 Å². The van der Waals surface area contributed by atoms with Crippen LogP contribution >= 0.6 is 0 Å². The fourth-order valence-electron chi connectivity index (χ4n) is 1.98. The predicted molar refractivity (Wildman–Crippen MR) is 75.7 cm³/mol. The van der Waals surface area contributed by atoms with E-state index in [1.807, 2.05) is 36.9 Å². The Hall–Kier alpha value is -1.35. The maximum Gasteiger partial charge on any atom is 0.236 e. The Bertz CT molecular complexity index is 347. The lowest BCUT2D eigenvalue weighted by molar-refractivity contribution is -0.129. The number of carbonyl (C=O) groups is 1. The highest BCUT2D eigenvalue weighted by molar-refractivity contribution is 5.78. The molecule has 0 aliphatic heterocycles. The molecule has 1 unspecified atom stereocenters. The second-order valence-corrected chi connectivity index (χ2v) is 4.51. The molecular formula is C15H24N2O. The molecule has 0 aliphatic carbocycles. The summed E-state index contributed by atoms with van der Waals surface area (Å²) in [6.07, 6.45) is 0. The van der Waals surface area contributed by atoms with Crippen molar-refractivity contribution in [1.82, 2.24) is 10.2 Å². The van der Waals surface area contributed by atoms with Gasteiger partial charge in [0.15, 0.2) is 0 Å². The van der Waals surface area contributed by atoms with Crippen molar-refractivity contribution in [2.24, 2.45) is 0 Å². The highest BCUT2D eigenvalue weighted by Gasteiger charge is 2.10. The number of nitrogens with one attached hydrogen (secondary N) is 1. The van der Waals surface area contributed by atoms with E-state index in [1.165, 1.54) is 5.56 Å². The molecule has 1 atom stereocenters. The van der Waals surface area contributed by atoms with Crippen molar-refractivity contribution in [3.63, 3.8) is 0 Å². The second kappa shape index (κ2) is 7.88. The molecule has 3 heteroatoms. The summed E-state index contributed by atoms with van der Waals surface area (Å²) in [5.74, 6) is 0.607. The summed E-state index contributed by atoms with van der Waals surface area (Å²) in [6.45, 7) is 9.01. The molecule has 0 saturated heterocycles. The van der Waals surface area contributed by atoms with E-state index in [9.17, 15) is 4.79 Å². The number of amides is 1. The van der Waals surface area contributed by atoms with Crippen LogP contribution in [0.1, 0.15) is 32.3 Å². The molecule has 0 radical (unpaired) electrons. The van der Waals surface area contributed by atoms with E-state index in [0.29, 0.717) is 12.5 Å². The molecule has 1 amide bonds. The van der Waals surface area contributed by atoms with Crippen molar-refractivity contribution in [3.05, 3.63) is 35.9 Å². The molecule has 3 nitrogen and oxygen atoms in total. The van der Waals surface area contributed by atoms with Crippen LogP contribution in [-0.2, 0) is 4.79 Å². The number of rotatable bonds is 7. The lowest BCUT2D eigenvalue weighted by atomic mass is 10.0. The van der Waals surface area contributed by atoms with Crippen LogP contribution in [0.25, 0.3) is 0 Å². The van der Waals surface area contributed by atoms with E-state index in [0.717, 1.165) is 19.6 Å². The van der Waals surface area contributed by atoms with E-state index >= 15 is 0 Å². The molecule has 1 rings (SSSR count). The van der Waals surface area contributed by atoms with Crippen LogP contribution in [0.4, 0.5) is 0 Å². The van der Waals surface area contributed by atoms with Gasteiger partial charge in [0.1, 0.15) is 0 Å². The third kappa shape index (κ3) is 4.49. The number of benzene rings is 1. The monoisotopic (exact) mass is 248 g/mol. The minimum absolute atomic E-state index is 0.181. The van der Waals surface area contributed by atoms with E-state index in [4.69, 9.17) is 0 Å². The van der Waals surface area contributed by atoms with Gasteiger partial charge in [0.05, 0.1) is 6.54 Å². The zero-order chi connectivity index (χ0) is 13.4. The van der Waals surface area contributed by atoms with Crippen molar-refractivity contribution < 1.29 is 4.79 Å². The highest BCUT2D eigenvalue weighted by atomic mass is 16.2. The summed E-state index contributed by atoms with van der Waals surface area (Å²) < 4.78 is 0. The van der Waals surface area contributed by atoms with Crippen LogP contribution in [0.2, 0.25) is 0 Å². The van der Waals surface area contributed by atoms with Crippen LogP contribution in [0.5, 0.6) is 0 Å². The zero-order valence-corrected chi connectivity index (χ0v) is 11.6. The van der Waals surface area contributed by atoms with Crippen molar-refractivity contribution in [2.75, 3.05) is 26.2 Å². The average molecular weight is 248 g/mol. The number of likely N-dealkylation sites (N-methyl/N-ethyl adjacent to an activating group) is 1. The average Bonchev–Trinajstić information content (AvgIpc) is 2.41. The Balaban J connectivity index is 2.32. The summed E-state index contributed by atoms with van der Waals surface area (Å²) in [6, 6.07) is 10.4. The van der Waals surface area contributed by atoms with Crippen LogP contribution in [0.15, 0.2) is 30.3 Å². The Labute approximate surface area is 110 Å². The third-order valence-electron chi connectivity index (χ3n) is 3.21. The lowest BCUT2D eigenvalue weighted by Crippen LogP contribution is -2.38. The molecule has 0 saturated carbocycles. The van der Waals surface area contributed by atoms with Crippen LogP contribution < -0.4 is 5.32 Å². The van der Waals surface area contributed by atoms with E-state index < -0.39 is 0 Å². The molecule has 18 heavy (non-hydrogen) atoms. The molecule has 0 bridgehead atoms. The first-order chi connectivity index (χ1) is 8.69. The molecular weight excluding hydrogens is 224 g/mol. The van der Waals surface area contributed by atoms with Gasteiger partial charge in [-0.25, -0.2) is 0 Å². The first kappa shape index (κ1) is 14.7.